The van der Waals surface area contributed by atoms with Crippen molar-refractivity contribution >= 4 is 10.8 Å². The van der Waals surface area contributed by atoms with Gasteiger partial charge < -0.3 is 5.11 Å². The molecule has 2 aromatic carbocycles. The van der Waals surface area contributed by atoms with Crippen molar-refractivity contribution < 1.29 is 5.11 Å². The molecule has 3 rings (SSSR count). The number of hydrogen-bond acceptors (Lipinski definition) is 2. The molecule has 3 nitrogen and oxygen atoms in total. The molecule has 1 heterocycles. The van der Waals surface area contributed by atoms with Crippen LogP contribution in [-0.4, -0.2) is 14.9 Å². The maximum Gasteiger partial charge on any atom is 0.123 e. The van der Waals surface area contributed by atoms with Gasteiger partial charge in [0.2, 0.25) is 0 Å². The van der Waals surface area contributed by atoms with E-state index in [-0.39, 0.29) is 0 Å². The molecule has 0 aliphatic rings. The van der Waals surface area contributed by atoms with Crippen LogP contribution in [0.25, 0.3) is 10.8 Å². The first-order valence-electron chi connectivity index (χ1n) is 5.91. The number of nitrogens with zero attached hydrogens (tertiary/aromatic N) is 2. The molecule has 3 aromatic rings. The van der Waals surface area contributed by atoms with Crippen LogP contribution in [0.3, 0.4) is 0 Å². The van der Waals surface area contributed by atoms with Gasteiger partial charge in [0.25, 0.3) is 0 Å². The highest BCUT2D eigenvalue weighted by atomic mass is 16.3. The number of rotatable bonds is 2. The van der Waals surface area contributed by atoms with Gasteiger partial charge in [-0.3, -0.25) is 4.68 Å². The van der Waals surface area contributed by atoms with Gasteiger partial charge in [0.1, 0.15) is 6.10 Å². The Morgan fingerprint density at radius 1 is 1.06 bits per heavy atom. The number of aliphatic hydroxyl groups is 1. The number of aromatic nitrogens is 2. The minimum absolute atomic E-state index is 0.675. The third kappa shape index (κ3) is 1.79. The molecule has 0 bridgehead atoms. The van der Waals surface area contributed by atoms with Crippen LogP contribution in [0, 0.1) is 0 Å². The molecule has 1 N–H and O–H groups in total. The molecule has 0 fully saturated rings. The normalized spacial score (nSPS) is 12.8. The molecule has 0 saturated carbocycles. The highest BCUT2D eigenvalue weighted by molar-refractivity contribution is 5.86. The Balaban J connectivity index is 2.14. The maximum atomic E-state index is 10.4. The van der Waals surface area contributed by atoms with Gasteiger partial charge in [-0.2, -0.15) is 5.10 Å². The zero-order valence-electron chi connectivity index (χ0n) is 10.1. The second-order valence-corrected chi connectivity index (χ2v) is 4.39. The van der Waals surface area contributed by atoms with Gasteiger partial charge in [-0.15, -0.1) is 0 Å². The average Bonchev–Trinajstić information content (AvgIpc) is 2.84. The van der Waals surface area contributed by atoms with Crippen LogP contribution < -0.4 is 0 Å². The van der Waals surface area contributed by atoms with Gasteiger partial charge in [-0.25, -0.2) is 0 Å². The Labute approximate surface area is 105 Å². The highest BCUT2D eigenvalue weighted by Gasteiger charge is 2.15. The predicted molar refractivity (Wildman–Crippen MR) is 71.2 cm³/mol. The van der Waals surface area contributed by atoms with E-state index >= 15 is 0 Å². The first-order valence-corrected chi connectivity index (χ1v) is 5.91. The molecule has 1 aromatic heterocycles. The Bertz CT molecular complexity index is 682. The van der Waals surface area contributed by atoms with E-state index in [1.54, 1.807) is 4.68 Å². The van der Waals surface area contributed by atoms with Crippen LogP contribution in [0.1, 0.15) is 17.4 Å². The smallest absolute Gasteiger partial charge is 0.123 e. The quantitative estimate of drug-likeness (QED) is 0.745. The summed E-state index contributed by atoms with van der Waals surface area (Å²) in [5, 5.41) is 16.9. The van der Waals surface area contributed by atoms with Gasteiger partial charge in [0, 0.05) is 13.2 Å². The molecular weight excluding hydrogens is 224 g/mol. The minimum Gasteiger partial charge on any atom is -0.382 e. The molecule has 0 amide bonds. The minimum atomic E-state index is -0.683. The van der Waals surface area contributed by atoms with Gasteiger partial charge in [-0.05, 0) is 22.4 Å². The summed E-state index contributed by atoms with van der Waals surface area (Å²) in [7, 11) is 1.85. The van der Waals surface area contributed by atoms with Crippen molar-refractivity contribution in [2.45, 2.75) is 6.10 Å². The monoisotopic (exact) mass is 238 g/mol. The highest BCUT2D eigenvalue weighted by Crippen LogP contribution is 2.27. The number of fused-ring (bicyclic) bond motifs is 1. The van der Waals surface area contributed by atoms with E-state index in [0.717, 1.165) is 16.3 Å². The Morgan fingerprint density at radius 3 is 2.61 bits per heavy atom. The lowest BCUT2D eigenvalue weighted by molar-refractivity contribution is 0.216. The van der Waals surface area contributed by atoms with Crippen molar-refractivity contribution in [1.82, 2.24) is 9.78 Å². The largest absolute Gasteiger partial charge is 0.382 e. The van der Waals surface area contributed by atoms with Gasteiger partial charge in [0.15, 0.2) is 0 Å². The third-order valence-electron chi connectivity index (χ3n) is 3.13. The van der Waals surface area contributed by atoms with E-state index in [1.165, 1.54) is 0 Å². The second kappa shape index (κ2) is 4.27. The molecule has 0 spiro atoms. The van der Waals surface area contributed by atoms with Crippen LogP contribution in [0.4, 0.5) is 0 Å². The van der Waals surface area contributed by atoms with E-state index < -0.39 is 6.10 Å². The summed E-state index contributed by atoms with van der Waals surface area (Å²) in [4.78, 5) is 0. The lowest BCUT2D eigenvalue weighted by Crippen LogP contribution is -2.02. The molecule has 1 atom stereocenters. The van der Waals surface area contributed by atoms with E-state index in [0.29, 0.717) is 5.69 Å². The first kappa shape index (κ1) is 11.0. The van der Waals surface area contributed by atoms with Crippen molar-refractivity contribution in [3.63, 3.8) is 0 Å². The van der Waals surface area contributed by atoms with E-state index in [4.69, 9.17) is 0 Å². The van der Waals surface area contributed by atoms with Crippen molar-refractivity contribution in [2.75, 3.05) is 0 Å². The Kier molecular flexibility index (Phi) is 2.61. The summed E-state index contributed by atoms with van der Waals surface area (Å²) >= 11 is 0. The molecule has 0 saturated heterocycles. The van der Waals surface area contributed by atoms with Crippen molar-refractivity contribution in [2.24, 2.45) is 7.05 Å². The molecule has 3 heteroatoms. The summed E-state index contributed by atoms with van der Waals surface area (Å²) in [6.45, 7) is 0. The summed E-state index contributed by atoms with van der Waals surface area (Å²) in [6.07, 6.45) is 1.15. The zero-order valence-corrected chi connectivity index (χ0v) is 10.1. The number of hydrogen-bond donors (Lipinski definition) is 1. The number of aryl methyl sites for hydroxylation is 1. The lowest BCUT2D eigenvalue weighted by atomic mass is 9.99. The molecule has 0 radical (unpaired) electrons. The Hall–Kier alpha value is -2.13. The Morgan fingerprint density at radius 2 is 1.83 bits per heavy atom. The van der Waals surface area contributed by atoms with Gasteiger partial charge in [-0.1, -0.05) is 42.5 Å². The van der Waals surface area contributed by atoms with E-state index in [1.807, 2.05) is 61.8 Å². The molecule has 18 heavy (non-hydrogen) atoms. The van der Waals surface area contributed by atoms with Crippen LogP contribution in [-0.2, 0) is 7.05 Å². The van der Waals surface area contributed by atoms with Crippen LogP contribution >= 0.6 is 0 Å². The summed E-state index contributed by atoms with van der Waals surface area (Å²) in [5.74, 6) is 0. The molecule has 90 valence electrons. The zero-order chi connectivity index (χ0) is 12.5. The average molecular weight is 238 g/mol. The standard InChI is InChI=1S/C15H14N2O/c1-17-10-9-14(16-17)15(18)13-8-4-6-11-5-2-3-7-12(11)13/h2-10,15,18H,1H3. The summed E-state index contributed by atoms with van der Waals surface area (Å²) < 4.78 is 1.70. The lowest BCUT2D eigenvalue weighted by Gasteiger charge is -2.11. The fraction of sp³-hybridized carbons (Fsp3) is 0.133. The van der Waals surface area contributed by atoms with Crippen LogP contribution in [0.2, 0.25) is 0 Å². The van der Waals surface area contributed by atoms with Crippen molar-refractivity contribution in [1.29, 1.82) is 0 Å². The molecular formula is C15H14N2O. The summed E-state index contributed by atoms with van der Waals surface area (Å²) in [5.41, 5.74) is 1.57. The summed E-state index contributed by atoms with van der Waals surface area (Å²) in [6, 6.07) is 15.8. The van der Waals surface area contributed by atoms with E-state index in [9.17, 15) is 5.11 Å². The fourth-order valence-corrected chi connectivity index (χ4v) is 2.23. The SMILES string of the molecule is Cn1ccc(C(O)c2cccc3ccccc23)n1. The topological polar surface area (TPSA) is 38.0 Å². The maximum absolute atomic E-state index is 10.4. The van der Waals surface area contributed by atoms with Crippen molar-refractivity contribution in [3.8, 4) is 0 Å². The van der Waals surface area contributed by atoms with Gasteiger partial charge >= 0.3 is 0 Å². The number of aliphatic hydroxyl groups excluding tert-OH is 1. The van der Waals surface area contributed by atoms with Gasteiger partial charge in [0.05, 0.1) is 5.69 Å². The second-order valence-electron chi connectivity index (χ2n) is 4.39. The first-order chi connectivity index (χ1) is 8.75. The van der Waals surface area contributed by atoms with Crippen LogP contribution in [0.15, 0.2) is 54.7 Å². The van der Waals surface area contributed by atoms with Crippen molar-refractivity contribution in [3.05, 3.63) is 66.0 Å². The van der Waals surface area contributed by atoms with Crippen LogP contribution in [0.5, 0.6) is 0 Å². The van der Waals surface area contributed by atoms with E-state index in [2.05, 4.69) is 5.10 Å². The molecule has 0 aliphatic carbocycles. The predicted octanol–water partition coefficient (Wildman–Crippen LogP) is 2.66. The molecule has 1 unspecified atom stereocenters. The number of benzene rings is 2. The third-order valence-corrected chi connectivity index (χ3v) is 3.13. The fourth-order valence-electron chi connectivity index (χ4n) is 2.23. The molecule has 0 aliphatic heterocycles.